The lowest BCUT2D eigenvalue weighted by Crippen LogP contribution is -2.39. The maximum absolute atomic E-state index is 12.1. The first kappa shape index (κ1) is 15.0. The largest absolute Gasteiger partial charge is 0.350 e. The molecule has 1 saturated heterocycles. The summed E-state index contributed by atoms with van der Waals surface area (Å²) in [6.07, 6.45) is 5.17. The van der Waals surface area contributed by atoms with Crippen LogP contribution >= 0.6 is 23.7 Å². The summed E-state index contributed by atoms with van der Waals surface area (Å²) in [5.41, 5.74) is -0.225. The second-order valence-electron chi connectivity index (χ2n) is 4.54. The number of carbonyl (C=O) groups excluding carboxylic acids is 1. The Morgan fingerprint density at radius 2 is 2.45 bits per heavy atom. The monoisotopic (exact) mass is 314 g/mol. The molecule has 20 heavy (non-hydrogen) atoms. The molecule has 2 aromatic rings. The Balaban J connectivity index is 0.00000147. The van der Waals surface area contributed by atoms with Gasteiger partial charge in [-0.2, -0.15) is 0 Å². The van der Waals surface area contributed by atoms with Crippen molar-refractivity contribution in [3.8, 4) is 0 Å². The van der Waals surface area contributed by atoms with Crippen molar-refractivity contribution < 1.29 is 4.79 Å². The van der Waals surface area contributed by atoms with Crippen molar-refractivity contribution in [3.63, 3.8) is 0 Å². The highest BCUT2D eigenvalue weighted by Crippen LogP contribution is 2.06. The predicted octanol–water partition coefficient (Wildman–Crippen LogP) is 0.660. The number of nitrogens with one attached hydrogen (secondary N) is 2. The van der Waals surface area contributed by atoms with Crippen molar-refractivity contribution in [3.05, 3.63) is 33.7 Å². The second-order valence-corrected chi connectivity index (χ2v) is 5.41. The zero-order valence-corrected chi connectivity index (χ0v) is 12.3. The minimum absolute atomic E-state index is 0. The van der Waals surface area contributed by atoms with E-state index in [0.717, 1.165) is 19.4 Å². The highest BCUT2D eigenvalue weighted by Gasteiger charge is 2.17. The highest BCUT2D eigenvalue weighted by molar-refractivity contribution is 7.15. The van der Waals surface area contributed by atoms with Gasteiger partial charge in [0.05, 0.1) is 0 Å². The van der Waals surface area contributed by atoms with Gasteiger partial charge in [-0.05, 0) is 19.4 Å². The maximum Gasteiger partial charge on any atom is 0.271 e. The molecular weight excluding hydrogens is 300 g/mol. The van der Waals surface area contributed by atoms with Crippen LogP contribution in [0.4, 0.5) is 0 Å². The molecule has 1 amide bonds. The fraction of sp³-hybridized carbons (Fsp3) is 0.417. The number of nitrogens with zero attached hydrogens (tertiary/aromatic N) is 2. The van der Waals surface area contributed by atoms with Crippen molar-refractivity contribution in [1.82, 2.24) is 20.0 Å². The van der Waals surface area contributed by atoms with E-state index in [9.17, 15) is 9.59 Å². The van der Waals surface area contributed by atoms with Crippen LogP contribution in [0.1, 0.15) is 23.2 Å². The SMILES string of the molecule is Cl.O=C(NCC1CCCN1)c1cnc2sccn2c1=O. The quantitative estimate of drug-likeness (QED) is 0.872. The van der Waals surface area contributed by atoms with Crippen LogP contribution in [0.5, 0.6) is 0 Å². The summed E-state index contributed by atoms with van der Waals surface area (Å²) in [4.78, 5) is 28.8. The van der Waals surface area contributed by atoms with Gasteiger partial charge in [-0.25, -0.2) is 4.98 Å². The first-order valence-corrected chi connectivity index (χ1v) is 7.10. The van der Waals surface area contributed by atoms with Crippen LogP contribution < -0.4 is 16.2 Å². The zero-order chi connectivity index (χ0) is 13.2. The summed E-state index contributed by atoms with van der Waals surface area (Å²) in [7, 11) is 0. The summed E-state index contributed by atoms with van der Waals surface area (Å²) >= 11 is 1.37. The Labute approximate surface area is 125 Å². The molecular formula is C12H15ClN4O2S. The number of aromatic nitrogens is 2. The third kappa shape index (κ3) is 2.84. The standard InChI is InChI=1S/C12H14N4O2S.ClH/c17-10(14-6-8-2-1-3-13-8)9-7-15-12-16(11(9)18)4-5-19-12;/h4-5,7-8,13H,1-3,6H2,(H,14,17);1H. The maximum atomic E-state index is 12.1. The number of halogens is 1. The van der Waals surface area contributed by atoms with Crippen molar-refractivity contribution in [2.45, 2.75) is 18.9 Å². The third-order valence-electron chi connectivity index (χ3n) is 3.26. The fourth-order valence-electron chi connectivity index (χ4n) is 2.22. The molecule has 0 spiro atoms. The first-order valence-electron chi connectivity index (χ1n) is 6.22. The Hall–Kier alpha value is -1.44. The minimum atomic E-state index is -0.355. The Bertz CT molecular complexity index is 663. The molecule has 1 aliphatic heterocycles. The summed E-state index contributed by atoms with van der Waals surface area (Å²) in [5, 5.41) is 7.85. The number of fused-ring (bicyclic) bond motifs is 1. The normalized spacial score (nSPS) is 17.9. The molecule has 2 aromatic heterocycles. The lowest BCUT2D eigenvalue weighted by atomic mass is 10.2. The van der Waals surface area contributed by atoms with E-state index in [0.29, 0.717) is 17.5 Å². The van der Waals surface area contributed by atoms with Crippen LogP contribution in [0.25, 0.3) is 4.96 Å². The van der Waals surface area contributed by atoms with E-state index in [1.165, 1.54) is 21.9 Å². The van der Waals surface area contributed by atoms with Crippen molar-refractivity contribution in [2.75, 3.05) is 13.1 Å². The highest BCUT2D eigenvalue weighted by atomic mass is 35.5. The van der Waals surface area contributed by atoms with E-state index in [4.69, 9.17) is 0 Å². The smallest absolute Gasteiger partial charge is 0.271 e. The molecule has 0 aliphatic carbocycles. The number of hydrogen-bond donors (Lipinski definition) is 2. The van der Waals surface area contributed by atoms with Crippen molar-refractivity contribution >= 4 is 34.6 Å². The van der Waals surface area contributed by atoms with E-state index >= 15 is 0 Å². The first-order chi connectivity index (χ1) is 9.25. The van der Waals surface area contributed by atoms with Crippen LogP contribution in [-0.2, 0) is 0 Å². The fourth-order valence-corrected chi connectivity index (χ4v) is 2.90. The average molecular weight is 315 g/mol. The predicted molar refractivity (Wildman–Crippen MR) is 79.9 cm³/mol. The molecule has 6 nitrogen and oxygen atoms in total. The van der Waals surface area contributed by atoms with Gasteiger partial charge >= 0.3 is 0 Å². The summed E-state index contributed by atoms with van der Waals surface area (Å²) < 4.78 is 1.40. The Morgan fingerprint density at radius 1 is 1.60 bits per heavy atom. The summed E-state index contributed by atoms with van der Waals surface area (Å²) in [6.45, 7) is 1.54. The summed E-state index contributed by atoms with van der Waals surface area (Å²) in [6, 6.07) is 0.310. The van der Waals surface area contributed by atoms with Crippen LogP contribution in [0.15, 0.2) is 22.6 Å². The van der Waals surface area contributed by atoms with Crippen LogP contribution in [0.3, 0.4) is 0 Å². The Morgan fingerprint density at radius 3 is 3.20 bits per heavy atom. The molecule has 1 aliphatic rings. The van der Waals surface area contributed by atoms with Crippen molar-refractivity contribution in [2.24, 2.45) is 0 Å². The van der Waals surface area contributed by atoms with E-state index in [2.05, 4.69) is 15.6 Å². The molecule has 2 N–H and O–H groups in total. The molecule has 0 saturated carbocycles. The van der Waals surface area contributed by atoms with Gasteiger partial charge in [-0.1, -0.05) is 0 Å². The Kier molecular flexibility index (Phi) is 4.74. The number of amides is 1. The lowest BCUT2D eigenvalue weighted by molar-refractivity contribution is 0.0948. The van der Waals surface area contributed by atoms with Gasteiger partial charge in [0.25, 0.3) is 11.5 Å². The number of hydrogen-bond acceptors (Lipinski definition) is 5. The molecule has 1 fully saturated rings. The van der Waals surface area contributed by atoms with Gasteiger partial charge in [0.2, 0.25) is 0 Å². The topological polar surface area (TPSA) is 75.5 Å². The van der Waals surface area contributed by atoms with Gasteiger partial charge in [0, 0.05) is 30.4 Å². The molecule has 0 aromatic carbocycles. The van der Waals surface area contributed by atoms with E-state index in [1.807, 2.05) is 0 Å². The van der Waals surface area contributed by atoms with Gasteiger partial charge in [0.15, 0.2) is 4.96 Å². The van der Waals surface area contributed by atoms with E-state index in [1.54, 1.807) is 11.6 Å². The van der Waals surface area contributed by atoms with Crippen LogP contribution in [0.2, 0.25) is 0 Å². The lowest BCUT2D eigenvalue weighted by Gasteiger charge is -2.11. The number of rotatable bonds is 3. The van der Waals surface area contributed by atoms with Gasteiger partial charge in [-0.3, -0.25) is 14.0 Å². The van der Waals surface area contributed by atoms with E-state index < -0.39 is 0 Å². The number of carbonyl (C=O) groups is 1. The molecule has 8 heteroatoms. The zero-order valence-electron chi connectivity index (χ0n) is 10.7. The molecule has 0 radical (unpaired) electrons. The third-order valence-corrected chi connectivity index (χ3v) is 4.03. The molecule has 0 bridgehead atoms. The molecule has 3 heterocycles. The molecule has 3 rings (SSSR count). The van der Waals surface area contributed by atoms with Crippen LogP contribution in [-0.4, -0.2) is 34.4 Å². The second kappa shape index (κ2) is 6.34. The average Bonchev–Trinajstić information content (AvgIpc) is 3.07. The molecule has 1 unspecified atom stereocenters. The van der Waals surface area contributed by atoms with Gasteiger partial charge in [-0.15, -0.1) is 23.7 Å². The van der Waals surface area contributed by atoms with Gasteiger partial charge < -0.3 is 10.6 Å². The van der Waals surface area contributed by atoms with Gasteiger partial charge in [0.1, 0.15) is 5.56 Å². The molecule has 108 valence electrons. The number of thiazole rings is 1. The van der Waals surface area contributed by atoms with Crippen LogP contribution in [0, 0.1) is 0 Å². The minimum Gasteiger partial charge on any atom is -0.350 e. The van der Waals surface area contributed by atoms with Crippen molar-refractivity contribution in [1.29, 1.82) is 0 Å². The molecule has 1 atom stereocenters. The summed E-state index contributed by atoms with van der Waals surface area (Å²) in [5.74, 6) is -0.355. The van der Waals surface area contributed by atoms with E-state index in [-0.39, 0.29) is 29.4 Å².